The molecule has 2 amide bonds. The lowest BCUT2D eigenvalue weighted by atomic mass is 10.2. The zero-order chi connectivity index (χ0) is 11.3. The molecular formula is C10H13N3OS. The number of nitriles is 1. The van der Waals surface area contributed by atoms with Gasteiger partial charge in [0.1, 0.15) is 0 Å². The third kappa shape index (κ3) is 4.00. The second kappa shape index (κ2) is 5.37. The number of rotatable bonds is 3. The van der Waals surface area contributed by atoms with E-state index in [2.05, 4.69) is 10.6 Å². The lowest BCUT2D eigenvalue weighted by Gasteiger charge is -2.06. The standard InChI is InChI=1S/C10H13N3OS/c1-7(5-11)6-12-10(14)13-9-4-3-8(2)15-9/h3-4,7H,6H2,1-2H3,(H2,12,13,14)/t7-/m0/s1. The molecule has 4 nitrogen and oxygen atoms in total. The molecule has 1 heterocycles. The van der Waals surface area contributed by atoms with E-state index in [0.717, 1.165) is 9.88 Å². The first kappa shape index (κ1) is 11.5. The molecule has 0 aliphatic rings. The van der Waals surface area contributed by atoms with Gasteiger partial charge >= 0.3 is 6.03 Å². The lowest BCUT2D eigenvalue weighted by Crippen LogP contribution is -2.31. The number of nitrogens with one attached hydrogen (secondary N) is 2. The van der Waals surface area contributed by atoms with Crippen molar-refractivity contribution in [3.05, 3.63) is 17.0 Å². The van der Waals surface area contributed by atoms with Gasteiger partial charge in [0.25, 0.3) is 0 Å². The first-order valence-electron chi connectivity index (χ1n) is 4.62. The Labute approximate surface area is 92.9 Å². The topological polar surface area (TPSA) is 64.9 Å². The predicted octanol–water partition coefficient (Wildman–Crippen LogP) is 2.34. The van der Waals surface area contributed by atoms with Gasteiger partial charge in [-0.25, -0.2) is 4.79 Å². The molecule has 80 valence electrons. The Hall–Kier alpha value is -1.54. The molecule has 15 heavy (non-hydrogen) atoms. The van der Waals surface area contributed by atoms with Gasteiger partial charge in [0.15, 0.2) is 0 Å². The van der Waals surface area contributed by atoms with Gasteiger partial charge in [-0.15, -0.1) is 11.3 Å². The first-order chi connectivity index (χ1) is 7.11. The number of anilines is 1. The number of hydrogen-bond donors (Lipinski definition) is 2. The van der Waals surface area contributed by atoms with Gasteiger partial charge in [0.05, 0.1) is 17.0 Å². The van der Waals surface area contributed by atoms with Gasteiger partial charge in [0.2, 0.25) is 0 Å². The molecule has 1 aromatic rings. The van der Waals surface area contributed by atoms with Gasteiger partial charge in [-0.3, -0.25) is 5.32 Å². The summed E-state index contributed by atoms with van der Waals surface area (Å²) in [5.74, 6) is -0.166. The summed E-state index contributed by atoms with van der Waals surface area (Å²) in [6.45, 7) is 4.10. The van der Waals surface area contributed by atoms with Crippen LogP contribution in [0.5, 0.6) is 0 Å². The van der Waals surface area contributed by atoms with E-state index in [9.17, 15) is 4.79 Å². The van der Waals surface area contributed by atoms with Crippen molar-refractivity contribution in [1.82, 2.24) is 5.32 Å². The van der Waals surface area contributed by atoms with Gasteiger partial charge in [-0.2, -0.15) is 5.26 Å². The minimum Gasteiger partial charge on any atom is -0.337 e. The van der Waals surface area contributed by atoms with Crippen LogP contribution in [0.4, 0.5) is 9.80 Å². The highest BCUT2D eigenvalue weighted by molar-refractivity contribution is 7.16. The summed E-state index contributed by atoms with van der Waals surface area (Å²) in [7, 11) is 0. The van der Waals surface area contributed by atoms with Crippen LogP contribution in [0, 0.1) is 24.2 Å². The number of carbonyl (C=O) groups is 1. The minimum atomic E-state index is -0.265. The molecule has 0 saturated heterocycles. The lowest BCUT2D eigenvalue weighted by molar-refractivity contribution is 0.251. The smallest absolute Gasteiger partial charge is 0.319 e. The van der Waals surface area contributed by atoms with E-state index in [1.54, 1.807) is 6.92 Å². The van der Waals surface area contributed by atoms with Crippen LogP contribution in [0.3, 0.4) is 0 Å². The summed E-state index contributed by atoms with van der Waals surface area (Å²) >= 11 is 1.52. The Morgan fingerprint density at radius 1 is 1.67 bits per heavy atom. The van der Waals surface area contributed by atoms with Crippen LogP contribution in [0.2, 0.25) is 0 Å². The Bertz CT molecular complexity index is 380. The van der Waals surface area contributed by atoms with Crippen molar-refractivity contribution >= 4 is 22.4 Å². The first-order valence-corrected chi connectivity index (χ1v) is 5.44. The normalized spacial score (nSPS) is 11.5. The Balaban J connectivity index is 2.34. The van der Waals surface area contributed by atoms with E-state index in [1.807, 2.05) is 25.1 Å². The fourth-order valence-electron chi connectivity index (χ4n) is 0.949. The molecule has 1 rings (SSSR count). The number of amides is 2. The number of hydrogen-bond acceptors (Lipinski definition) is 3. The monoisotopic (exact) mass is 223 g/mol. The van der Waals surface area contributed by atoms with Gasteiger partial charge < -0.3 is 5.32 Å². The van der Waals surface area contributed by atoms with Crippen LogP contribution in [-0.2, 0) is 0 Å². The maximum Gasteiger partial charge on any atom is 0.319 e. The Morgan fingerprint density at radius 2 is 2.40 bits per heavy atom. The molecule has 5 heteroatoms. The molecule has 0 spiro atoms. The minimum absolute atomic E-state index is 0.166. The summed E-state index contributed by atoms with van der Waals surface area (Å²) in [5.41, 5.74) is 0. The third-order valence-electron chi connectivity index (χ3n) is 1.77. The van der Waals surface area contributed by atoms with E-state index in [4.69, 9.17) is 5.26 Å². The maximum atomic E-state index is 11.3. The highest BCUT2D eigenvalue weighted by Crippen LogP contribution is 2.20. The highest BCUT2D eigenvalue weighted by Gasteiger charge is 2.05. The second-order valence-corrected chi connectivity index (χ2v) is 4.56. The zero-order valence-electron chi connectivity index (χ0n) is 8.70. The Kier molecular flexibility index (Phi) is 4.13. The van der Waals surface area contributed by atoms with E-state index >= 15 is 0 Å². The number of thiophene rings is 1. The van der Waals surface area contributed by atoms with Crippen molar-refractivity contribution in [3.63, 3.8) is 0 Å². The van der Waals surface area contributed by atoms with E-state index in [0.29, 0.717) is 6.54 Å². The average Bonchev–Trinajstić information content (AvgIpc) is 2.60. The van der Waals surface area contributed by atoms with Crippen LogP contribution in [0.25, 0.3) is 0 Å². The van der Waals surface area contributed by atoms with E-state index in [-0.39, 0.29) is 11.9 Å². The quantitative estimate of drug-likeness (QED) is 0.826. The Morgan fingerprint density at radius 3 is 2.93 bits per heavy atom. The molecule has 0 saturated carbocycles. The molecule has 1 aromatic heterocycles. The fraction of sp³-hybridized carbons (Fsp3) is 0.400. The summed E-state index contributed by atoms with van der Waals surface area (Å²) in [6.07, 6.45) is 0. The molecule has 0 unspecified atom stereocenters. The molecule has 0 radical (unpaired) electrons. The number of nitrogens with zero attached hydrogens (tertiary/aromatic N) is 1. The predicted molar refractivity (Wildman–Crippen MR) is 60.9 cm³/mol. The number of urea groups is 1. The summed E-state index contributed by atoms with van der Waals surface area (Å²) in [4.78, 5) is 12.5. The van der Waals surface area contributed by atoms with Gasteiger partial charge in [-0.1, -0.05) is 0 Å². The van der Waals surface area contributed by atoms with Crippen LogP contribution >= 0.6 is 11.3 Å². The van der Waals surface area contributed by atoms with Gasteiger partial charge in [-0.05, 0) is 26.0 Å². The van der Waals surface area contributed by atoms with E-state index in [1.165, 1.54) is 11.3 Å². The van der Waals surface area contributed by atoms with Crippen LogP contribution in [0.1, 0.15) is 11.8 Å². The van der Waals surface area contributed by atoms with Crippen LogP contribution in [0.15, 0.2) is 12.1 Å². The number of aryl methyl sites for hydroxylation is 1. The molecule has 0 bridgehead atoms. The molecule has 0 aliphatic carbocycles. The van der Waals surface area contributed by atoms with Crippen LogP contribution < -0.4 is 10.6 Å². The van der Waals surface area contributed by atoms with Crippen molar-refractivity contribution in [3.8, 4) is 6.07 Å². The summed E-state index contributed by atoms with van der Waals surface area (Å²) in [6, 6.07) is 5.58. The largest absolute Gasteiger partial charge is 0.337 e. The molecule has 1 atom stereocenters. The fourth-order valence-corrected chi connectivity index (χ4v) is 1.71. The summed E-state index contributed by atoms with van der Waals surface area (Å²) < 4.78 is 0. The van der Waals surface area contributed by atoms with Crippen LogP contribution in [-0.4, -0.2) is 12.6 Å². The maximum absolute atomic E-state index is 11.3. The third-order valence-corrected chi connectivity index (χ3v) is 2.68. The molecular weight excluding hydrogens is 210 g/mol. The van der Waals surface area contributed by atoms with Crippen molar-refractivity contribution < 1.29 is 4.79 Å². The van der Waals surface area contributed by atoms with Crippen molar-refractivity contribution in [2.24, 2.45) is 5.92 Å². The highest BCUT2D eigenvalue weighted by atomic mass is 32.1. The van der Waals surface area contributed by atoms with E-state index < -0.39 is 0 Å². The van der Waals surface area contributed by atoms with Crippen molar-refractivity contribution in [2.75, 3.05) is 11.9 Å². The number of carbonyl (C=O) groups excluding carboxylic acids is 1. The SMILES string of the molecule is Cc1ccc(NC(=O)NC[C@@H](C)C#N)s1. The summed E-state index contributed by atoms with van der Waals surface area (Å²) in [5, 5.41) is 14.7. The van der Waals surface area contributed by atoms with Crippen molar-refractivity contribution in [2.45, 2.75) is 13.8 Å². The molecule has 0 aliphatic heterocycles. The molecule has 0 fully saturated rings. The zero-order valence-corrected chi connectivity index (χ0v) is 9.52. The van der Waals surface area contributed by atoms with Gasteiger partial charge in [0, 0.05) is 11.4 Å². The second-order valence-electron chi connectivity index (χ2n) is 3.28. The average molecular weight is 223 g/mol. The molecule has 0 aromatic carbocycles. The molecule has 2 N–H and O–H groups in total. The van der Waals surface area contributed by atoms with Crippen molar-refractivity contribution in [1.29, 1.82) is 5.26 Å².